The fourth-order valence-corrected chi connectivity index (χ4v) is 5.56. The Morgan fingerprint density at radius 2 is 1.48 bits per heavy atom. The van der Waals surface area contributed by atoms with E-state index in [4.69, 9.17) is 14.2 Å². The molecule has 4 amide bonds. The monoisotopic (exact) mass is 722 g/mol. The van der Waals surface area contributed by atoms with Crippen molar-refractivity contribution in [3.8, 4) is 0 Å². The molecule has 52 heavy (non-hydrogen) atoms. The topological polar surface area (TPSA) is 169 Å². The van der Waals surface area contributed by atoms with Crippen molar-refractivity contribution in [1.29, 1.82) is 0 Å². The summed E-state index contributed by atoms with van der Waals surface area (Å²) in [5, 5.41) is 8.10. The summed E-state index contributed by atoms with van der Waals surface area (Å²) in [4.78, 5) is 80.5. The number of likely N-dealkylation sites (tertiary alicyclic amines) is 1. The molecule has 0 radical (unpaired) electrons. The van der Waals surface area contributed by atoms with E-state index >= 15 is 0 Å². The predicted molar refractivity (Wildman–Crippen MR) is 194 cm³/mol. The molecule has 3 atom stereocenters. The summed E-state index contributed by atoms with van der Waals surface area (Å²) in [6.07, 6.45) is 1.22. The number of hydrogen-bond acceptors (Lipinski definition) is 9. The predicted octanol–water partition coefficient (Wildman–Crippen LogP) is 4.68. The average Bonchev–Trinajstić information content (AvgIpc) is 3.58. The van der Waals surface area contributed by atoms with Gasteiger partial charge in [0.05, 0.1) is 12.2 Å². The zero-order valence-electron chi connectivity index (χ0n) is 31.4. The third-order valence-corrected chi connectivity index (χ3v) is 8.39. The van der Waals surface area contributed by atoms with Crippen LogP contribution in [0, 0.1) is 5.92 Å². The van der Waals surface area contributed by atoms with Crippen molar-refractivity contribution in [2.45, 2.75) is 116 Å². The van der Waals surface area contributed by atoms with Gasteiger partial charge in [0, 0.05) is 6.54 Å². The first-order valence-corrected chi connectivity index (χ1v) is 17.8. The lowest BCUT2D eigenvalue weighted by Gasteiger charge is -2.33. The number of benzene rings is 2. The van der Waals surface area contributed by atoms with Gasteiger partial charge < -0.3 is 35.1 Å². The van der Waals surface area contributed by atoms with Crippen molar-refractivity contribution in [3.05, 3.63) is 71.8 Å². The minimum absolute atomic E-state index is 0.0852. The van der Waals surface area contributed by atoms with Crippen LogP contribution in [-0.2, 0) is 40.0 Å². The van der Waals surface area contributed by atoms with Gasteiger partial charge in [-0.3, -0.25) is 14.4 Å². The van der Waals surface area contributed by atoms with E-state index in [1.807, 2.05) is 30.3 Å². The molecule has 0 bridgehead atoms. The fraction of sp³-hybridized carbons (Fsp3) is 0.538. The quantitative estimate of drug-likeness (QED) is 0.127. The van der Waals surface area contributed by atoms with Gasteiger partial charge >= 0.3 is 18.0 Å². The molecule has 2 aromatic carbocycles. The number of esters is 2. The van der Waals surface area contributed by atoms with Gasteiger partial charge in [0.15, 0.2) is 0 Å². The van der Waals surface area contributed by atoms with E-state index < -0.39 is 65.0 Å². The van der Waals surface area contributed by atoms with Gasteiger partial charge in [0.2, 0.25) is 17.7 Å². The van der Waals surface area contributed by atoms with Crippen LogP contribution in [0.4, 0.5) is 4.79 Å². The maximum Gasteiger partial charge on any atom is 0.408 e. The third-order valence-electron chi connectivity index (χ3n) is 8.39. The highest BCUT2D eigenvalue weighted by Crippen LogP contribution is 2.22. The number of amides is 4. The van der Waals surface area contributed by atoms with E-state index in [2.05, 4.69) is 16.0 Å². The Hall–Kier alpha value is -4.94. The molecule has 0 unspecified atom stereocenters. The van der Waals surface area contributed by atoms with Crippen molar-refractivity contribution >= 4 is 35.8 Å². The van der Waals surface area contributed by atoms with Crippen LogP contribution in [0.2, 0.25) is 0 Å². The lowest BCUT2D eigenvalue weighted by Crippen LogP contribution is -2.63. The molecule has 2 aromatic rings. The molecule has 0 saturated carbocycles. The molecule has 0 aliphatic carbocycles. The summed E-state index contributed by atoms with van der Waals surface area (Å²) in [6.45, 7) is 12.2. The number of carbonyl (C=O) groups is 6. The van der Waals surface area contributed by atoms with Crippen LogP contribution >= 0.6 is 0 Å². The van der Waals surface area contributed by atoms with Crippen LogP contribution in [0.25, 0.3) is 0 Å². The van der Waals surface area contributed by atoms with E-state index in [0.29, 0.717) is 37.8 Å². The Morgan fingerprint density at radius 3 is 2.10 bits per heavy atom. The molecule has 3 rings (SSSR count). The largest absolute Gasteiger partial charge is 0.462 e. The Morgan fingerprint density at radius 1 is 0.846 bits per heavy atom. The van der Waals surface area contributed by atoms with Gasteiger partial charge in [-0.25, -0.2) is 14.4 Å². The number of nitrogens with zero attached hydrogens (tertiary/aromatic N) is 1. The highest BCUT2D eigenvalue weighted by atomic mass is 16.6. The van der Waals surface area contributed by atoms with Gasteiger partial charge in [-0.2, -0.15) is 0 Å². The third kappa shape index (κ3) is 13.0. The first kappa shape index (κ1) is 41.5. The zero-order chi connectivity index (χ0) is 38.5. The van der Waals surface area contributed by atoms with E-state index in [-0.39, 0.29) is 25.6 Å². The number of hydrogen-bond donors (Lipinski definition) is 3. The second kappa shape index (κ2) is 19.1. The zero-order valence-corrected chi connectivity index (χ0v) is 31.4. The molecule has 0 spiro atoms. The van der Waals surface area contributed by atoms with Gasteiger partial charge in [0.25, 0.3) is 0 Å². The SMILES string of the molecule is CC(C)[C@H](NC(=O)C(C)(C)NC(=O)[C@H](CCCCOC(=O)c1ccccc1)NC(=O)OC(C)(C)C)C(=O)N1CCC[C@@H]1C(=O)OCc1ccccc1. The molecular formula is C39H54N4O9. The van der Waals surface area contributed by atoms with E-state index in [9.17, 15) is 28.8 Å². The Bertz CT molecular complexity index is 1520. The highest BCUT2D eigenvalue weighted by Gasteiger charge is 2.41. The van der Waals surface area contributed by atoms with Crippen LogP contribution in [0.15, 0.2) is 60.7 Å². The van der Waals surface area contributed by atoms with Crippen LogP contribution < -0.4 is 16.0 Å². The lowest BCUT2D eigenvalue weighted by atomic mass is 9.98. The van der Waals surface area contributed by atoms with E-state index in [0.717, 1.165) is 5.56 Å². The van der Waals surface area contributed by atoms with Gasteiger partial charge in [0.1, 0.15) is 35.9 Å². The minimum atomic E-state index is -1.51. The number of ether oxygens (including phenoxy) is 3. The maximum atomic E-state index is 13.8. The second-order valence-corrected chi connectivity index (χ2v) is 14.8. The number of unbranched alkanes of at least 4 members (excludes halogenated alkanes) is 1. The molecule has 0 aromatic heterocycles. The Balaban J connectivity index is 1.62. The highest BCUT2D eigenvalue weighted by molar-refractivity contribution is 5.97. The Kier molecular flexibility index (Phi) is 15.2. The van der Waals surface area contributed by atoms with Crippen LogP contribution in [0.5, 0.6) is 0 Å². The van der Waals surface area contributed by atoms with Crippen molar-refractivity contribution < 1.29 is 43.0 Å². The van der Waals surface area contributed by atoms with Crippen LogP contribution in [-0.4, -0.2) is 83.1 Å². The number of nitrogens with one attached hydrogen (secondary N) is 3. The van der Waals surface area contributed by atoms with Gasteiger partial charge in [-0.05, 0) is 90.3 Å². The maximum absolute atomic E-state index is 13.8. The van der Waals surface area contributed by atoms with E-state index in [1.54, 1.807) is 65.0 Å². The minimum Gasteiger partial charge on any atom is -0.462 e. The summed E-state index contributed by atoms with van der Waals surface area (Å²) >= 11 is 0. The van der Waals surface area contributed by atoms with Gasteiger partial charge in [-0.15, -0.1) is 0 Å². The Labute approximate surface area is 306 Å². The molecule has 1 aliphatic heterocycles. The van der Waals surface area contributed by atoms with Gasteiger partial charge in [-0.1, -0.05) is 62.4 Å². The molecule has 1 saturated heterocycles. The van der Waals surface area contributed by atoms with Crippen molar-refractivity contribution in [3.63, 3.8) is 0 Å². The van der Waals surface area contributed by atoms with Crippen LogP contribution in [0.3, 0.4) is 0 Å². The molecular weight excluding hydrogens is 668 g/mol. The molecule has 284 valence electrons. The second-order valence-electron chi connectivity index (χ2n) is 14.8. The average molecular weight is 723 g/mol. The molecule has 1 fully saturated rings. The summed E-state index contributed by atoms with van der Waals surface area (Å²) in [7, 11) is 0. The normalized spacial score (nSPS) is 15.6. The summed E-state index contributed by atoms with van der Waals surface area (Å²) in [5.41, 5.74) is -1.07. The van der Waals surface area contributed by atoms with Crippen molar-refractivity contribution in [2.75, 3.05) is 13.2 Å². The lowest BCUT2D eigenvalue weighted by molar-refractivity contribution is -0.155. The number of alkyl carbamates (subject to hydrolysis) is 1. The molecule has 1 heterocycles. The van der Waals surface area contributed by atoms with Crippen LogP contribution in [0.1, 0.15) is 96.5 Å². The smallest absolute Gasteiger partial charge is 0.408 e. The molecule has 3 N–H and O–H groups in total. The number of rotatable bonds is 16. The summed E-state index contributed by atoms with van der Waals surface area (Å²) in [6, 6.07) is 15.0. The standard InChI is InChI=1S/C39H54N4O9/c1-26(2)31(33(45)43-23-16-22-30(43)35(47)51-25-27-17-10-8-11-18-27)41-36(48)39(6,7)42-32(44)29(40-37(49)52-38(3,4)5)21-14-15-24-50-34(46)28-19-12-9-13-20-28/h8-13,17-20,26,29-31H,14-16,21-25H2,1-7H3,(H,40,49)(H,41,48)(H,42,44)/t29-,30+,31-/m0/s1. The summed E-state index contributed by atoms with van der Waals surface area (Å²) < 4.78 is 16.2. The molecule has 1 aliphatic rings. The first-order valence-electron chi connectivity index (χ1n) is 17.8. The number of carbonyl (C=O) groups excluding carboxylic acids is 6. The van der Waals surface area contributed by atoms with E-state index in [1.165, 1.54) is 18.7 Å². The summed E-state index contributed by atoms with van der Waals surface area (Å²) in [5.74, 6) is -2.99. The first-order chi connectivity index (χ1) is 24.5. The fourth-order valence-electron chi connectivity index (χ4n) is 5.56. The molecule has 13 heteroatoms. The van der Waals surface area contributed by atoms with Crippen molar-refractivity contribution in [2.24, 2.45) is 5.92 Å². The van der Waals surface area contributed by atoms with Crippen molar-refractivity contribution in [1.82, 2.24) is 20.9 Å². The molecule has 13 nitrogen and oxygen atoms in total.